The van der Waals surface area contributed by atoms with E-state index in [9.17, 15) is 28.1 Å². The third-order valence-corrected chi connectivity index (χ3v) is 2.35. The Morgan fingerprint density at radius 2 is 2.10 bits per heavy atom. The van der Waals surface area contributed by atoms with Gasteiger partial charge in [-0.05, 0) is 23.8 Å². The molecule has 1 heterocycles. The van der Waals surface area contributed by atoms with Gasteiger partial charge in [-0.1, -0.05) is 0 Å². The maximum absolute atomic E-state index is 12.4. The summed E-state index contributed by atoms with van der Waals surface area (Å²) in [6, 6.07) is 0. The lowest BCUT2D eigenvalue weighted by Gasteiger charge is -2.14. The van der Waals surface area contributed by atoms with E-state index in [2.05, 4.69) is 14.5 Å². The van der Waals surface area contributed by atoms with Crippen molar-refractivity contribution in [2.75, 3.05) is 6.61 Å². The van der Waals surface area contributed by atoms with Crippen molar-refractivity contribution in [3.05, 3.63) is 27.4 Å². The van der Waals surface area contributed by atoms with Gasteiger partial charge in [0, 0.05) is 11.1 Å². The van der Waals surface area contributed by atoms with Gasteiger partial charge in [0.05, 0.1) is 13.0 Å². The molecule has 0 saturated carbocycles. The number of hydrogen-bond donors (Lipinski definition) is 0. The van der Waals surface area contributed by atoms with Crippen LogP contribution in [0.5, 0.6) is 5.75 Å². The molecule has 0 atom stereocenters. The Bertz CT molecular complexity index is 560. The van der Waals surface area contributed by atoms with Crippen LogP contribution in [0.15, 0.2) is 6.20 Å². The van der Waals surface area contributed by atoms with Crippen molar-refractivity contribution < 1.29 is 32.4 Å². The van der Waals surface area contributed by atoms with Crippen LogP contribution in [0.3, 0.4) is 0 Å². The standard InChI is InChI=1S/C11H11F3N2O5/c1-3-20-8(17)4-7-6(2)5-15-10(16(18)19)9(7)21-11(12,13)14/h5H,3-4H2,1-2H3. The van der Waals surface area contributed by atoms with Crippen molar-refractivity contribution in [1.82, 2.24) is 4.98 Å². The molecule has 0 amide bonds. The molecule has 0 aliphatic heterocycles. The fourth-order valence-electron chi connectivity index (χ4n) is 1.54. The number of alkyl halides is 3. The third kappa shape index (κ3) is 4.58. The summed E-state index contributed by atoms with van der Waals surface area (Å²) in [4.78, 5) is 24.4. The van der Waals surface area contributed by atoms with Gasteiger partial charge >= 0.3 is 18.1 Å². The molecule has 1 aromatic rings. The highest BCUT2D eigenvalue weighted by Crippen LogP contribution is 2.35. The Morgan fingerprint density at radius 3 is 2.57 bits per heavy atom. The average Bonchev–Trinajstić information content (AvgIpc) is 2.32. The zero-order valence-electron chi connectivity index (χ0n) is 11.1. The minimum atomic E-state index is -5.15. The van der Waals surface area contributed by atoms with Crippen LogP contribution in [-0.4, -0.2) is 28.8 Å². The van der Waals surface area contributed by atoms with E-state index in [1.54, 1.807) is 0 Å². The van der Waals surface area contributed by atoms with Crippen LogP contribution in [0.2, 0.25) is 0 Å². The SMILES string of the molecule is CCOC(=O)Cc1c(C)cnc([N+](=O)[O-])c1OC(F)(F)F. The normalized spacial score (nSPS) is 11.1. The molecular weight excluding hydrogens is 297 g/mol. The number of ether oxygens (including phenoxy) is 2. The monoisotopic (exact) mass is 308 g/mol. The smallest absolute Gasteiger partial charge is 0.466 e. The lowest BCUT2D eigenvalue weighted by atomic mass is 10.1. The van der Waals surface area contributed by atoms with Crippen molar-refractivity contribution in [3.63, 3.8) is 0 Å². The molecule has 0 saturated heterocycles. The van der Waals surface area contributed by atoms with E-state index >= 15 is 0 Å². The first kappa shape index (κ1) is 16.7. The van der Waals surface area contributed by atoms with E-state index in [1.807, 2.05) is 0 Å². The predicted octanol–water partition coefficient (Wildman–Crippen LogP) is 2.30. The zero-order chi connectivity index (χ0) is 16.2. The van der Waals surface area contributed by atoms with Crippen LogP contribution in [-0.2, 0) is 16.0 Å². The number of carbonyl (C=O) groups excluding carboxylic acids is 1. The summed E-state index contributed by atoms with van der Waals surface area (Å²) in [7, 11) is 0. The lowest BCUT2D eigenvalue weighted by Crippen LogP contribution is -2.21. The van der Waals surface area contributed by atoms with E-state index in [0.29, 0.717) is 0 Å². The average molecular weight is 308 g/mol. The van der Waals surface area contributed by atoms with E-state index in [-0.39, 0.29) is 17.7 Å². The summed E-state index contributed by atoms with van der Waals surface area (Å²) in [6.07, 6.45) is -4.74. The Balaban J connectivity index is 3.34. The topological polar surface area (TPSA) is 91.6 Å². The quantitative estimate of drug-likeness (QED) is 0.471. The van der Waals surface area contributed by atoms with Crippen LogP contribution >= 0.6 is 0 Å². The van der Waals surface area contributed by atoms with Crippen LogP contribution in [0.4, 0.5) is 19.0 Å². The number of nitro groups is 1. The molecule has 116 valence electrons. The van der Waals surface area contributed by atoms with Crippen molar-refractivity contribution in [2.24, 2.45) is 0 Å². The molecular formula is C11H11F3N2O5. The molecule has 0 aliphatic carbocycles. The first-order valence-corrected chi connectivity index (χ1v) is 5.70. The van der Waals surface area contributed by atoms with Crippen molar-refractivity contribution >= 4 is 11.8 Å². The zero-order valence-corrected chi connectivity index (χ0v) is 11.1. The number of hydrogen-bond acceptors (Lipinski definition) is 6. The molecule has 10 heteroatoms. The van der Waals surface area contributed by atoms with Gasteiger partial charge in [0.2, 0.25) is 5.75 Å². The second-order valence-electron chi connectivity index (χ2n) is 3.86. The summed E-state index contributed by atoms with van der Waals surface area (Å²) in [5.74, 6) is -3.04. The van der Waals surface area contributed by atoms with Crippen molar-refractivity contribution in [2.45, 2.75) is 26.6 Å². The Labute approximate surface area is 116 Å². The number of carbonyl (C=O) groups is 1. The summed E-state index contributed by atoms with van der Waals surface area (Å²) in [6.45, 7) is 2.90. The van der Waals surface area contributed by atoms with Crippen LogP contribution in [0, 0.1) is 17.0 Å². The first-order valence-electron chi connectivity index (χ1n) is 5.70. The molecule has 1 rings (SSSR count). The maximum atomic E-state index is 12.4. The fraction of sp³-hybridized carbons (Fsp3) is 0.455. The summed E-state index contributed by atoms with van der Waals surface area (Å²) in [5, 5.41) is 10.8. The van der Waals surface area contributed by atoms with Gasteiger partial charge < -0.3 is 19.6 Å². The molecule has 0 aromatic carbocycles. The Hall–Kier alpha value is -2.39. The van der Waals surface area contributed by atoms with Gasteiger partial charge in [0.25, 0.3) is 0 Å². The van der Waals surface area contributed by atoms with Gasteiger partial charge in [0.1, 0.15) is 6.20 Å². The minimum Gasteiger partial charge on any atom is -0.466 e. The molecule has 7 nitrogen and oxygen atoms in total. The second kappa shape index (κ2) is 6.37. The van der Waals surface area contributed by atoms with Crippen molar-refractivity contribution in [1.29, 1.82) is 0 Å². The highest BCUT2D eigenvalue weighted by Gasteiger charge is 2.37. The van der Waals surface area contributed by atoms with E-state index in [1.165, 1.54) is 13.8 Å². The Kier molecular flexibility index (Phi) is 5.06. The highest BCUT2D eigenvalue weighted by molar-refractivity contribution is 5.75. The van der Waals surface area contributed by atoms with Gasteiger partial charge in [-0.3, -0.25) is 4.79 Å². The lowest BCUT2D eigenvalue weighted by molar-refractivity contribution is -0.393. The summed E-state index contributed by atoms with van der Waals surface area (Å²) >= 11 is 0. The number of nitrogens with zero attached hydrogens (tertiary/aromatic N) is 2. The van der Waals surface area contributed by atoms with Crippen LogP contribution in [0.1, 0.15) is 18.1 Å². The highest BCUT2D eigenvalue weighted by atomic mass is 19.4. The molecule has 0 N–H and O–H groups in total. The molecule has 0 spiro atoms. The van der Waals surface area contributed by atoms with E-state index < -0.39 is 35.2 Å². The van der Waals surface area contributed by atoms with Gasteiger partial charge in [-0.2, -0.15) is 0 Å². The summed E-state index contributed by atoms with van der Waals surface area (Å²) < 4.78 is 45.5. The van der Waals surface area contributed by atoms with Gasteiger partial charge in [0.15, 0.2) is 0 Å². The van der Waals surface area contributed by atoms with Crippen LogP contribution < -0.4 is 4.74 Å². The number of halogens is 3. The maximum Gasteiger partial charge on any atom is 0.573 e. The largest absolute Gasteiger partial charge is 0.573 e. The number of rotatable bonds is 5. The molecule has 0 bridgehead atoms. The van der Waals surface area contributed by atoms with E-state index in [4.69, 9.17) is 0 Å². The molecule has 0 aliphatic rings. The molecule has 21 heavy (non-hydrogen) atoms. The molecule has 1 aromatic heterocycles. The first-order chi connectivity index (χ1) is 9.65. The van der Waals surface area contributed by atoms with Crippen molar-refractivity contribution in [3.8, 4) is 5.75 Å². The predicted molar refractivity (Wildman–Crippen MR) is 62.6 cm³/mol. The molecule has 0 radical (unpaired) electrons. The fourth-order valence-corrected chi connectivity index (χ4v) is 1.54. The minimum absolute atomic E-state index is 0.0283. The molecule has 0 fully saturated rings. The number of aryl methyl sites for hydroxylation is 1. The summed E-state index contributed by atoms with van der Waals surface area (Å²) in [5.41, 5.74) is -0.139. The second-order valence-corrected chi connectivity index (χ2v) is 3.86. The molecule has 0 unspecified atom stereocenters. The van der Waals surface area contributed by atoms with Gasteiger partial charge in [-0.25, -0.2) is 0 Å². The third-order valence-electron chi connectivity index (χ3n) is 2.35. The number of aromatic nitrogens is 1. The van der Waals surface area contributed by atoms with E-state index in [0.717, 1.165) is 6.20 Å². The van der Waals surface area contributed by atoms with Gasteiger partial charge in [-0.15, -0.1) is 13.2 Å². The number of pyridine rings is 1. The van der Waals surface area contributed by atoms with Crippen LogP contribution in [0.25, 0.3) is 0 Å². The number of esters is 1. The Morgan fingerprint density at radius 1 is 1.48 bits per heavy atom.